The number of halogens is 2. The number of hydrogen-bond acceptors (Lipinski definition) is 4. The third-order valence-corrected chi connectivity index (χ3v) is 7.91. The Morgan fingerprint density at radius 2 is 1.80 bits per heavy atom. The Balaban J connectivity index is 1.65. The van der Waals surface area contributed by atoms with E-state index in [1.54, 1.807) is 42.5 Å². The molecule has 160 valence electrons. The molecule has 0 spiro atoms. The molecular formula is C19H20BrClN4O3S2. The fourth-order valence-corrected chi connectivity index (χ4v) is 5.17. The van der Waals surface area contributed by atoms with Gasteiger partial charge in [-0.25, -0.2) is 13.4 Å². The van der Waals surface area contributed by atoms with E-state index in [4.69, 9.17) is 23.8 Å². The molecule has 3 rings (SSSR count). The fourth-order valence-electron chi connectivity index (χ4n) is 3.02. The summed E-state index contributed by atoms with van der Waals surface area (Å²) in [6, 6.07) is 11.4. The van der Waals surface area contributed by atoms with Crippen LogP contribution in [-0.2, 0) is 14.8 Å². The molecule has 1 saturated heterocycles. The van der Waals surface area contributed by atoms with Gasteiger partial charge in [-0.3, -0.25) is 10.2 Å². The van der Waals surface area contributed by atoms with E-state index in [-0.39, 0.29) is 10.0 Å². The minimum absolute atomic E-state index is 0.160. The zero-order valence-corrected chi connectivity index (χ0v) is 19.8. The summed E-state index contributed by atoms with van der Waals surface area (Å²) in [7, 11) is -3.49. The van der Waals surface area contributed by atoms with Gasteiger partial charge in [0, 0.05) is 23.2 Å². The predicted octanol–water partition coefficient (Wildman–Crippen LogP) is 4.14. The van der Waals surface area contributed by atoms with Crippen molar-refractivity contribution in [1.29, 1.82) is 0 Å². The predicted molar refractivity (Wildman–Crippen MR) is 126 cm³/mol. The molecule has 11 heteroatoms. The van der Waals surface area contributed by atoms with E-state index in [0.717, 1.165) is 19.3 Å². The molecule has 2 N–H and O–H groups in total. The minimum atomic E-state index is -3.49. The molecule has 7 nitrogen and oxygen atoms in total. The van der Waals surface area contributed by atoms with E-state index in [2.05, 4.69) is 26.7 Å². The molecule has 0 saturated carbocycles. The van der Waals surface area contributed by atoms with Crippen LogP contribution >= 0.6 is 39.7 Å². The first-order chi connectivity index (χ1) is 14.3. The normalized spacial score (nSPS) is 14.7. The van der Waals surface area contributed by atoms with Crippen molar-refractivity contribution < 1.29 is 13.2 Å². The second-order valence-corrected chi connectivity index (χ2v) is 10.2. The van der Waals surface area contributed by atoms with E-state index in [1.807, 2.05) is 0 Å². The van der Waals surface area contributed by atoms with Crippen molar-refractivity contribution in [2.45, 2.75) is 24.2 Å². The van der Waals surface area contributed by atoms with E-state index in [0.29, 0.717) is 40.4 Å². The fraction of sp³-hybridized carbons (Fsp3) is 0.263. The summed E-state index contributed by atoms with van der Waals surface area (Å²) >= 11 is 14.6. The number of hydrogen-bond donors (Lipinski definition) is 2. The van der Waals surface area contributed by atoms with Gasteiger partial charge in [0.05, 0.1) is 15.6 Å². The van der Waals surface area contributed by atoms with Crippen molar-refractivity contribution >= 4 is 72.7 Å². The Bertz CT molecular complexity index is 1030. The van der Waals surface area contributed by atoms with Crippen LogP contribution in [0, 0.1) is 0 Å². The van der Waals surface area contributed by atoms with Crippen molar-refractivity contribution in [3.8, 4) is 0 Å². The maximum atomic E-state index is 12.7. The number of nitrogens with one attached hydrogen (secondary N) is 2. The summed E-state index contributed by atoms with van der Waals surface area (Å²) in [5, 5.41) is 4.72. The van der Waals surface area contributed by atoms with Gasteiger partial charge in [0.25, 0.3) is 0 Å². The van der Waals surface area contributed by atoms with Crippen LogP contribution in [0.1, 0.15) is 19.3 Å². The lowest BCUT2D eigenvalue weighted by Crippen LogP contribution is -2.43. The SMILES string of the molecule is O=CN(NC(=S)Nc1ccc(S(=O)(=O)N2CCCCC2)cc1)c1ccc(Br)c(Cl)c1. The third kappa shape index (κ3) is 5.50. The summed E-state index contributed by atoms with van der Waals surface area (Å²) in [5.74, 6) is 0. The first kappa shape index (κ1) is 23.0. The van der Waals surface area contributed by atoms with Gasteiger partial charge in [0.1, 0.15) is 0 Å². The number of carbonyl (C=O) groups excluding carboxylic acids is 1. The maximum absolute atomic E-state index is 12.7. The number of nitrogens with zero attached hydrogens (tertiary/aromatic N) is 2. The second-order valence-electron chi connectivity index (χ2n) is 6.63. The number of thiocarbonyl (C=S) groups is 1. The van der Waals surface area contributed by atoms with Gasteiger partial charge < -0.3 is 5.32 Å². The van der Waals surface area contributed by atoms with Gasteiger partial charge in [-0.05, 0) is 83.5 Å². The van der Waals surface area contributed by atoms with Crippen LogP contribution in [0.2, 0.25) is 5.02 Å². The molecule has 2 aromatic rings. The largest absolute Gasteiger partial charge is 0.331 e. The molecule has 1 amide bonds. The molecule has 0 aromatic heterocycles. The standard InChI is InChI=1S/C19H20BrClN4O3S2/c20-17-9-6-15(12-18(17)21)25(13-26)23-19(29)22-14-4-7-16(8-5-14)30(27,28)24-10-2-1-3-11-24/h4-9,12-13H,1-3,10-11H2,(H2,22,23,29). The van der Waals surface area contributed by atoms with Crippen LogP contribution < -0.4 is 15.8 Å². The van der Waals surface area contributed by atoms with Crippen molar-refractivity contribution in [1.82, 2.24) is 9.73 Å². The first-order valence-corrected chi connectivity index (χ1v) is 12.2. The number of hydrazine groups is 1. The molecule has 1 heterocycles. The molecule has 2 aromatic carbocycles. The number of rotatable bonds is 6. The zero-order chi connectivity index (χ0) is 21.7. The highest BCUT2D eigenvalue weighted by Gasteiger charge is 2.25. The second kappa shape index (κ2) is 10.1. The number of piperidine rings is 1. The van der Waals surface area contributed by atoms with Crippen LogP contribution in [-0.4, -0.2) is 37.3 Å². The molecule has 1 aliphatic heterocycles. The van der Waals surface area contributed by atoms with E-state index >= 15 is 0 Å². The van der Waals surface area contributed by atoms with Crippen LogP contribution in [0.5, 0.6) is 0 Å². The Morgan fingerprint density at radius 3 is 2.40 bits per heavy atom. The van der Waals surface area contributed by atoms with Crippen molar-refractivity contribution in [3.63, 3.8) is 0 Å². The Hall–Kier alpha value is -1.72. The lowest BCUT2D eigenvalue weighted by Gasteiger charge is -2.26. The number of benzene rings is 2. The maximum Gasteiger partial charge on any atom is 0.243 e. The quantitative estimate of drug-likeness (QED) is 0.331. The number of carbonyl (C=O) groups is 1. The number of anilines is 2. The van der Waals surface area contributed by atoms with Crippen LogP contribution in [0.25, 0.3) is 0 Å². The monoisotopic (exact) mass is 530 g/mol. The van der Waals surface area contributed by atoms with Gasteiger partial charge in [-0.15, -0.1) is 0 Å². The molecule has 0 aliphatic carbocycles. The van der Waals surface area contributed by atoms with Crippen LogP contribution in [0.15, 0.2) is 51.8 Å². The molecule has 0 radical (unpaired) electrons. The van der Waals surface area contributed by atoms with Crippen molar-refractivity contribution in [3.05, 3.63) is 52.0 Å². The highest BCUT2D eigenvalue weighted by atomic mass is 79.9. The van der Waals surface area contributed by atoms with Gasteiger partial charge >= 0.3 is 0 Å². The molecule has 0 atom stereocenters. The Morgan fingerprint density at radius 1 is 1.13 bits per heavy atom. The highest BCUT2D eigenvalue weighted by molar-refractivity contribution is 9.10. The lowest BCUT2D eigenvalue weighted by molar-refractivity contribution is -0.107. The Kier molecular flexibility index (Phi) is 7.70. The highest BCUT2D eigenvalue weighted by Crippen LogP contribution is 2.27. The molecular weight excluding hydrogens is 512 g/mol. The van der Waals surface area contributed by atoms with Gasteiger partial charge in [0.15, 0.2) is 5.11 Å². The Labute approximate surface area is 194 Å². The molecule has 0 bridgehead atoms. The summed E-state index contributed by atoms with van der Waals surface area (Å²) in [4.78, 5) is 11.7. The summed E-state index contributed by atoms with van der Waals surface area (Å²) < 4.78 is 27.7. The average molecular weight is 532 g/mol. The van der Waals surface area contributed by atoms with Crippen LogP contribution in [0.4, 0.5) is 11.4 Å². The van der Waals surface area contributed by atoms with Gasteiger partial charge in [-0.1, -0.05) is 18.0 Å². The van der Waals surface area contributed by atoms with E-state index in [9.17, 15) is 13.2 Å². The third-order valence-electron chi connectivity index (χ3n) is 4.57. The van der Waals surface area contributed by atoms with Gasteiger partial charge in [-0.2, -0.15) is 4.31 Å². The minimum Gasteiger partial charge on any atom is -0.331 e. The molecule has 30 heavy (non-hydrogen) atoms. The number of sulfonamides is 1. The van der Waals surface area contributed by atoms with E-state index in [1.165, 1.54) is 9.31 Å². The number of amides is 1. The van der Waals surface area contributed by atoms with Crippen LogP contribution in [0.3, 0.4) is 0 Å². The molecule has 1 aliphatic rings. The summed E-state index contributed by atoms with van der Waals surface area (Å²) in [5.41, 5.74) is 3.85. The lowest BCUT2D eigenvalue weighted by atomic mass is 10.2. The smallest absolute Gasteiger partial charge is 0.243 e. The molecule has 0 unspecified atom stereocenters. The topological polar surface area (TPSA) is 81.8 Å². The zero-order valence-electron chi connectivity index (χ0n) is 15.8. The summed E-state index contributed by atoms with van der Waals surface area (Å²) in [6.07, 6.45) is 3.40. The van der Waals surface area contributed by atoms with Crippen molar-refractivity contribution in [2.75, 3.05) is 23.4 Å². The first-order valence-electron chi connectivity index (χ1n) is 9.19. The van der Waals surface area contributed by atoms with E-state index < -0.39 is 10.0 Å². The van der Waals surface area contributed by atoms with Gasteiger partial charge in [0.2, 0.25) is 16.4 Å². The average Bonchev–Trinajstić information content (AvgIpc) is 2.75. The molecule has 1 fully saturated rings. The van der Waals surface area contributed by atoms with Crippen molar-refractivity contribution in [2.24, 2.45) is 0 Å². The summed E-state index contributed by atoms with van der Waals surface area (Å²) in [6.45, 7) is 1.11.